The maximum absolute atomic E-state index is 4.84. The van der Waals surface area contributed by atoms with Crippen molar-refractivity contribution in [1.82, 2.24) is 10.3 Å². The molecular weight excluding hydrogens is 228 g/mol. The second-order valence-electron chi connectivity index (χ2n) is 5.62. The zero-order chi connectivity index (χ0) is 12.6. The van der Waals surface area contributed by atoms with Crippen LogP contribution in [-0.2, 0) is 12.0 Å². The van der Waals surface area contributed by atoms with E-state index in [4.69, 9.17) is 4.98 Å². The Bertz CT molecular complexity index is 389. The number of rotatable bonds is 4. The predicted octanol–water partition coefficient (Wildman–Crippen LogP) is 3.49. The number of hydrogen-bond donors (Lipinski definition) is 1. The van der Waals surface area contributed by atoms with E-state index in [0.29, 0.717) is 0 Å². The second kappa shape index (κ2) is 4.69. The van der Waals surface area contributed by atoms with Gasteiger partial charge in [-0.25, -0.2) is 4.98 Å². The van der Waals surface area contributed by atoms with E-state index in [1.54, 1.807) is 0 Å². The SMILES string of the molecule is CCc1nc(C2(NC)CC(C(C)C)C2)sc1C. The van der Waals surface area contributed by atoms with Gasteiger partial charge in [-0.2, -0.15) is 0 Å². The van der Waals surface area contributed by atoms with Crippen molar-refractivity contribution in [3.63, 3.8) is 0 Å². The summed E-state index contributed by atoms with van der Waals surface area (Å²) in [5.74, 6) is 1.65. The Morgan fingerprint density at radius 2 is 2.12 bits per heavy atom. The Labute approximate surface area is 109 Å². The Morgan fingerprint density at radius 3 is 2.53 bits per heavy atom. The summed E-state index contributed by atoms with van der Waals surface area (Å²) in [5.41, 5.74) is 1.46. The van der Waals surface area contributed by atoms with Gasteiger partial charge in [0.15, 0.2) is 0 Å². The van der Waals surface area contributed by atoms with E-state index in [2.05, 4.69) is 40.1 Å². The minimum atomic E-state index is 0.178. The summed E-state index contributed by atoms with van der Waals surface area (Å²) in [6, 6.07) is 0. The summed E-state index contributed by atoms with van der Waals surface area (Å²) in [4.78, 5) is 6.24. The highest BCUT2D eigenvalue weighted by molar-refractivity contribution is 7.11. The lowest BCUT2D eigenvalue weighted by Crippen LogP contribution is -2.52. The summed E-state index contributed by atoms with van der Waals surface area (Å²) in [6.07, 6.45) is 3.55. The molecule has 0 unspecified atom stereocenters. The zero-order valence-electron chi connectivity index (χ0n) is 11.6. The molecule has 0 aliphatic heterocycles. The Hall–Kier alpha value is -0.410. The topological polar surface area (TPSA) is 24.9 Å². The molecule has 2 nitrogen and oxygen atoms in total. The zero-order valence-corrected chi connectivity index (χ0v) is 12.4. The Kier molecular flexibility index (Phi) is 3.60. The molecule has 0 radical (unpaired) electrons. The summed E-state index contributed by atoms with van der Waals surface area (Å²) < 4.78 is 0. The van der Waals surface area contributed by atoms with Gasteiger partial charge in [0.05, 0.1) is 11.2 Å². The molecule has 0 bridgehead atoms. The Morgan fingerprint density at radius 1 is 1.47 bits per heavy atom. The molecule has 17 heavy (non-hydrogen) atoms. The monoisotopic (exact) mass is 252 g/mol. The fraction of sp³-hybridized carbons (Fsp3) is 0.786. The molecule has 1 N–H and O–H groups in total. The first-order chi connectivity index (χ1) is 8.02. The smallest absolute Gasteiger partial charge is 0.113 e. The first-order valence-electron chi connectivity index (χ1n) is 6.68. The number of aromatic nitrogens is 1. The van der Waals surface area contributed by atoms with Gasteiger partial charge in [0.1, 0.15) is 5.01 Å². The van der Waals surface area contributed by atoms with Crippen LogP contribution in [0.1, 0.15) is 49.2 Å². The number of hydrogen-bond acceptors (Lipinski definition) is 3. The first-order valence-corrected chi connectivity index (χ1v) is 7.49. The highest BCUT2D eigenvalue weighted by Gasteiger charge is 2.47. The van der Waals surface area contributed by atoms with Crippen molar-refractivity contribution < 1.29 is 0 Å². The van der Waals surface area contributed by atoms with Crippen LogP contribution >= 0.6 is 11.3 Å². The van der Waals surface area contributed by atoms with Crippen molar-refractivity contribution >= 4 is 11.3 Å². The molecule has 0 saturated heterocycles. The molecule has 1 fully saturated rings. The number of aryl methyl sites for hydroxylation is 2. The minimum absolute atomic E-state index is 0.178. The third kappa shape index (κ3) is 2.15. The molecule has 2 rings (SSSR count). The second-order valence-corrected chi connectivity index (χ2v) is 6.82. The molecule has 1 aliphatic carbocycles. The molecule has 3 heteroatoms. The van der Waals surface area contributed by atoms with Gasteiger partial charge in [-0.05, 0) is 45.1 Å². The van der Waals surface area contributed by atoms with Crippen LogP contribution in [-0.4, -0.2) is 12.0 Å². The maximum atomic E-state index is 4.84. The van der Waals surface area contributed by atoms with Crippen LogP contribution in [0.3, 0.4) is 0 Å². The van der Waals surface area contributed by atoms with Gasteiger partial charge in [-0.1, -0.05) is 20.8 Å². The van der Waals surface area contributed by atoms with Gasteiger partial charge in [-0.15, -0.1) is 11.3 Å². The molecule has 0 aromatic carbocycles. The molecule has 0 amide bonds. The van der Waals surface area contributed by atoms with Crippen LogP contribution in [0.25, 0.3) is 0 Å². The van der Waals surface area contributed by atoms with Crippen LogP contribution in [0, 0.1) is 18.8 Å². The normalized spacial score (nSPS) is 28.5. The molecule has 0 atom stereocenters. The van der Waals surface area contributed by atoms with E-state index in [1.165, 1.54) is 28.4 Å². The van der Waals surface area contributed by atoms with Crippen LogP contribution in [0.15, 0.2) is 0 Å². The third-order valence-electron chi connectivity index (χ3n) is 4.28. The standard InChI is InChI=1S/C14H24N2S/c1-6-12-10(4)17-13(16-12)14(15-5)7-11(8-14)9(2)3/h9,11,15H,6-8H2,1-5H3. The van der Waals surface area contributed by atoms with Crippen molar-refractivity contribution in [2.75, 3.05) is 7.05 Å². The van der Waals surface area contributed by atoms with E-state index in [0.717, 1.165) is 18.3 Å². The van der Waals surface area contributed by atoms with Crippen molar-refractivity contribution in [2.45, 2.75) is 52.5 Å². The molecule has 1 saturated carbocycles. The first kappa shape index (κ1) is 13.0. The average Bonchev–Trinajstić information content (AvgIpc) is 2.59. The summed E-state index contributed by atoms with van der Waals surface area (Å²) in [7, 11) is 2.08. The quantitative estimate of drug-likeness (QED) is 0.887. The molecule has 1 aromatic heterocycles. The van der Waals surface area contributed by atoms with Crippen LogP contribution in [0.5, 0.6) is 0 Å². The minimum Gasteiger partial charge on any atom is -0.308 e. The van der Waals surface area contributed by atoms with E-state index < -0.39 is 0 Å². The van der Waals surface area contributed by atoms with E-state index in [1.807, 2.05) is 11.3 Å². The largest absolute Gasteiger partial charge is 0.308 e. The van der Waals surface area contributed by atoms with Gasteiger partial charge in [0.25, 0.3) is 0 Å². The number of nitrogens with zero attached hydrogens (tertiary/aromatic N) is 1. The number of thiazole rings is 1. The summed E-state index contributed by atoms with van der Waals surface area (Å²) in [6.45, 7) is 9.04. The van der Waals surface area contributed by atoms with Crippen molar-refractivity contribution in [1.29, 1.82) is 0 Å². The summed E-state index contributed by atoms with van der Waals surface area (Å²) in [5, 5.41) is 4.84. The average molecular weight is 252 g/mol. The highest BCUT2D eigenvalue weighted by atomic mass is 32.1. The van der Waals surface area contributed by atoms with Crippen molar-refractivity contribution in [3.8, 4) is 0 Å². The molecule has 1 aliphatic rings. The fourth-order valence-electron chi connectivity index (χ4n) is 2.75. The van der Waals surface area contributed by atoms with Gasteiger partial charge >= 0.3 is 0 Å². The van der Waals surface area contributed by atoms with Gasteiger partial charge < -0.3 is 5.32 Å². The van der Waals surface area contributed by atoms with E-state index in [9.17, 15) is 0 Å². The van der Waals surface area contributed by atoms with Gasteiger partial charge in [0.2, 0.25) is 0 Å². The molecule has 0 spiro atoms. The Balaban J connectivity index is 2.19. The van der Waals surface area contributed by atoms with E-state index in [-0.39, 0.29) is 5.54 Å². The molecule has 96 valence electrons. The van der Waals surface area contributed by atoms with Gasteiger partial charge in [0, 0.05) is 4.88 Å². The predicted molar refractivity (Wildman–Crippen MR) is 74.5 cm³/mol. The highest BCUT2D eigenvalue weighted by Crippen LogP contribution is 2.49. The maximum Gasteiger partial charge on any atom is 0.113 e. The lowest BCUT2D eigenvalue weighted by Gasteiger charge is -2.48. The lowest BCUT2D eigenvalue weighted by molar-refractivity contribution is 0.0748. The van der Waals surface area contributed by atoms with Crippen molar-refractivity contribution in [3.05, 3.63) is 15.6 Å². The van der Waals surface area contributed by atoms with Crippen LogP contribution < -0.4 is 5.32 Å². The van der Waals surface area contributed by atoms with Crippen LogP contribution in [0.4, 0.5) is 0 Å². The molecule has 1 aromatic rings. The molecule has 1 heterocycles. The lowest BCUT2D eigenvalue weighted by atomic mass is 9.64. The fourth-order valence-corrected chi connectivity index (χ4v) is 3.97. The number of nitrogens with one attached hydrogen (secondary N) is 1. The summed E-state index contributed by atoms with van der Waals surface area (Å²) >= 11 is 1.89. The van der Waals surface area contributed by atoms with Gasteiger partial charge in [-0.3, -0.25) is 0 Å². The molecular formula is C14H24N2S. The van der Waals surface area contributed by atoms with E-state index >= 15 is 0 Å². The van der Waals surface area contributed by atoms with Crippen molar-refractivity contribution in [2.24, 2.45) is 11.8 Å². The third-order valence-corrected chi connectivity index (χ3v) is 5.50. The van der Waals surface area contributed by atoms with Crippen LogP contribution in [0.2, 0.25) is 0 Å².